The van der Waals surface area contributed by atoms with Gasteiger partial charge in [-0.2, -0.15) is 0 Å². The van der Waals surface area contributed by atoms with Crippen molar-refractivity contribution in [3.05, 3.63) is 23.8 Å². The van der Waals surface area contributed by atoms with E-state index in [4.69, 9.17) is 21.7 Å². The lowest BCUT2D eigenvalue weighted by Crippen LogP contribution is -2.58. The molecule has 4 aliphatic carbocycles. The fourth-order valence-corrected chi connectivity index (χ4v) is 9.48. The quantitative estimate of drug-likeness (QED) is 0.296. The van der Waals surface area contributed by atoms with Crippen LogP contribution in [0, 0.1) is 46.3 Å². The molecule has 10 atom stereocenters. The minimum Gasteiger partial charge on any atom is -0.507 e. The fraction of sp³-hybridized carbons (Fsp3) is 0.742. The second-order valence-electron chi connectivity index (χ2n) is 13.5. The van der Waals surface area contributed by atoms with Crippen molar-refractivity contribution < 1.29 is 30.0 Å². The van der Waals surface area contributed by atoms with Gasteiger partial charge >= 0.3 is 5.97 Å². The van der Waals surface area contributed by atoms with Gasteiger partial charge in [-0.3, -0.25) is 9.59 Å². The van der Waals surface area contributed by atoms with Crippen molar-refractivity contribution in [1.29, 1.82) is 0 Å². The van der Waals surface area contributed by atoms with Crippen molar-refractivity contribution in [2.24, 2.45) is 52.1 Å². The minimum atomic E-state index is -0.684. The first-order valence-corrected chi connectivity index (χ1v) is 14.7. The summed E-state index contributed by atoms with van der Waals surface area (Å²) < 4.78 is 0. The van der Waals surface area contributed by atoms with Gasteiger partial charge in [0.25, 0.3) is 5.91 Å². The molecule has 4 fully saturated rings. The van der Waals surface area contributed by atoms with Crippen LogP contribution in [0.3, 0.4) is 0 Å². The number of carboxylic acid groups (broad SMARTS) is 1. The molecule has 1 aromatic carbocycles. The number of anilines is 1. The number of hydrogen-bond acceptors (Lipinski definition) is 6. The van der Waals surface area contributed by atoms with Crippen molar-refractivity contribution in [2.45, 2.75) is 97.2 Å². The minimum absolute atomic E-state index is 0.0826. The van der Waals surface area contributed by atoms with E-state index in [-0.39, 0.29) is 40.8 Å². The van der Waals surface area contributed by atoms with E-state index in [0.717, 1.165) is 32.1 Å². The summed E-state index contributed by atoms with van der Waals surface area (Å²) in [6.07, 6.45) is 9.19. The molecule has 0 aromatic heterocycles. The summed E-state index contributed by atoms with van der Waals surface area (Å²) in [5, 5.41) is 39.6. The molecule has 1 unspecified atom stereocenters. The van der Waals surface area contributed by atoms with Crippen LogP contribution in [0.25, 0.3) is 0 Å². The summed E-state index contributed by atoms with van der Waals surface area (Å²) in [5.74, 6) is 1.51. The Morgan fingerprint density at radius 3 is 2.33 bits per heavy atom. The van der Waals surface area contributed by atoms with E-state index in [0.29, 0.717) is 41.2 Å². The first-order chi connectivity index (χ1) is 18.3. The molecule has 0 radical (unpaired) electrons. The van der Waals surface area contributed by atoms with Gasteiger partial charge in [-0.15, -0.1) is 0 Å². The molecule has 0 spiro atoms. The lowest BCUT2D eigenvalue weighted by Gasteiger charge is -2.62. The predicted octanol–water partition coefficient (Wildman–Crippen LogP) is 4.55. The first kappa shape index (κ1) is 29.7. The van der Waals surface area contributed by atoms with Crippen molar-refractivity contribution in [2.75, 3.05) is 5.73 Å². The number of carbonyl (C=O) groups excluding carboxylic acids is 1. The third-order valence-corrected chi connectivity index (χ3v) is 11.5. The van der Waals surface area contributed by atoms with Crippen LogP contribution in [0.4, 0.5) is 5.69 Å². The molecule has 39 heavy (non-hydrogen) atoms. The topological polar surface area (TPSA) is 167 Å². The third kappa shape index (κ3) is 5.64. The maximum atomic E-state index is 11.2. The van der Waals surface area contributed by atoms with Crippen molar-refractivity contribution >= 4 is 17.6 Å². The average Bonchev–Trinajstić information content (AvgIpc) is 3.21. The van der Waals surface area contributed by atoms with E-state index in [1.165, 1.54) is 43.9 Å². The number of aliphatic carboxylic acids is 1. The molecule has 218 valence electrons. The van der Waals surface area contributed by atoms with Crippen LogP contribution in [0.1, 0.15) is 95.3 Å². The first-order valence-electron chi connectivity index (χ1n) is 14.7. The van der Waals surface area contributed by atoms with Gasteiger partial charge in [0.05, 0.1) is 17.8 Å². The number of benzene rings is 1. The number of primary amides is 1. The Morgan fingerprint density at radius 2 is 1.69 bits per heavy atom. The van der Waals surface area contributed by atoms with Crippen LogP contribution < -0.4 is 11.5 Å². The molecule has 1 aromatic rings. The highest BCUT2D eigenvalue weighted by atomic mass is 16.4. The molecule has 0 aliphatic heterocycles. The van der Waals surface area contributed by atoms with Crippen molar-refractivity contribution in [3.8, 4) is 5.75 Å². The molecule has 8 nitrogen and oxygen atoms in total. The molecule has 4 saturated carbocycles. The maximum Gasteiger partial charge on any atom is 0.303 e. The average molecular weight is 545 g/mol. The highest BCUT2D eigenvalue weighted by Crippen LogP contribution is 2.68. The zero-order valence-corrected chi connectivity index (χ0v) is 23.7. The van der Waals surface area contributed by atoms with Gasteiger partial charge < -0.3 is 31.9 Å². The summed E-state index contributed by atoms with van der Waals surface area (Å²) in [7, 11) is 0. The third-order valence-electron chi connectivity index (χ3n) is 11.5. The van der Waals surface area contributed by atoms with Crippen LogP contribution >= 0.6 is 0 Å². The Morgan fingerprint density at radius 1 is 1.03 bits per heavy atom. The van der Waals surface area contributed by atoms with Gasteiger partial charge in [-0.1, -0.05) is 20.8 Å². The molecule has 4 aliphatic rings. The zero-order chi connectivity index (χ0) is 28.7. The van der Waals surface area contributed by atoms with Gasteiger partial charge in [0.15, 0.2) is 0 Å². The van der Waals surface area contributed by atoms with Crippen LogP contribution in [-0.4, -0.2) is 44.5 Å². The zero-order valence-electron chi connectivity index (χ0n) is 23.7. The maximum absolute atomic E-state index is 11.2. The highest BCUT2D eigenvalue weighted by molar-refractivity contribution is 5.95. The normalized spacial score (nSPS) is 39.8. The molecule has 8 heteroatoms. The van der Waals surface area contributed by atoms with E-state index in [1.807, 2.05) is 0 Å². The van der Waals surface area contributed by atoms with Gasteiger partial charge in [0.1, 0.15) is 5.75 Å². The standard InChI is InChI=1S/C24H40O4.C7H8N2O2/c1-14(4-7-21(27)28)17-5-6-18-22-19(9-11-24(17,18)3)23(2)10-8-16(25)12-15(23)13-20(22)26;8-4-1-2-5(7(9)11)6(10)3-4/h14-20,22,25-26H,4-13H2,1-3H3,(H,27,28);1-3,10H,8H2,(H2,9,11)/t14-,15?,16-,17-,18+,19+,20-,22+,23+,24-;/m1./s1. The second kappa shape index (κ2) is 11.3. The fourth-order valence-electron chi connectivity index (χ4n) is 9.48. The number of carbonyl (C=O) groups is 2. The van der Waals surface area contributed by atoms with Crippen LogP contribution in [0.15, 0.2) is 18.2 Å². The number of aliphatic hydroxyl groups excluding tert-OH is 2. The summed E-state index contributed by atoms with van der Waals surface area (Å²) in [4.78, 5) is 21.6. The number of carboxylic acids is 1. The number of nitrogen functional groups attached to an aromatic ring is 1. The van der Waals surface area contributed by atoms with Crippen LogP contribution in [0.2, 0.25) is 0 Å². The van der Waals surface area contributed by atoms with Crippen molar-refractivity contribution in [3.63, 3.8) is 0 Å². The number of aromatic hydroxyl groups is 1. The molecule has 0 heterocycles. The number of hydrogen-bond donors (Lipinski definition) is 6. The lowest BCUT2D eigenvalue weighted by molar-refractivity contribution is -0.174. The summed E-state index contributed by atoms with van der Waals surface area (Å²) in [6.45, 7) is 7.16. The summed E-state index contributed by atoms with van der Waals surface area (Å²) in [6, 6.07) is 4.16. The number of amides is 1. The van der Waals surface area contributed by atoms with Gasteiger partial charge in [0, 0.05) is 18.2 Å². The molecular weight excluding hydrogens is 496 g/mol. The van der Waals surface area contributed by atoms with E-state index in [1.54, 1.807) is 0 Å². The van der Waals surface area contributed by atoms with Crippen molar-refractivity contribution in [1.82, 2.24) is 0 Å². The molecule has 5 rings (SSSR count). The monoisotopic (exact) mass is 544 g/mol. The smallest absolute Gasteiger partial charge is 0.303 e. The van der Waals surface area contributed by atoms with Gasteiger partial charge in [-0.05, 0) is 116 Å². The number of fused-ring (bicyclic) bond motifs is 5. The molecule has 8 N–H and O–H groups in total. The molecular formula is C31H48N2O6. The number of phenols is 1. The Labute approximate surface area is 232 Å². The van der Waals surface area contributed by atoms with E-state index < -0.39 is 11.9 Å². The van der Waals surface area contributed by atoms with E-state index in [9.17, 15) is 19.8 Å². The molecule has 1 amide bonds. The SMILES string of the molecule is C[C@H](CCC(=O)O)[C@H]1CC[C@H]2[C@@H]3[C@H](O)CC4C[C@H](O)CC[C@]4(C)[C@H]3CC[C@]12C.NC(=O)c1ccc(N)cc1O. The van der Waals surface area contributed by atoms with Gasteiger partial charge in [-0.25, -0.2) is 0 Å². The van der Waals surface area contributed by atoms with E-state index in [2.05, 4.69) is 20.8 Å². The van der Waals surface area contributed by atoms with E-state index >= 15 is 0 Å². The van der Waals surface area contributed by atoms with Crippen LogP contribution in [0.5, 0.6) is 5.75 Å². The van der Waals surface area contributed by atoms with Gasteiger partial charge in [0.2, 0.25) is 0 Å². The summed E-state index contributed by atoms with van der Waals surface area (Å²) >= 11 is 0. The Bertz CT molecular complexity index is 1060. The number of nitrogens with two attached hydrogens (primary N) is 2. The molecule has 0 saturated heterocycles. The largest absolute Gasteiger partial charge is 0.507 e. The Kier molecular flexibility index (Phi) is 8.58. The summed E-state index contributed by atoms with van der Waals surface area (Å²) in [5.41, 5.74) is 11.2. The van der Waals surface area contributed by atoms with Crippen LogP contribution in [-0.2, 0) is 4.79 Å². The molecule has 0 bridgehead atoms. The predicted molar refractivity (Wildman–Crippen MR) is 150 cm³/mol. The highest BCUT2D eigenvalue weighted by Gasteiger charge is 2.62. The number of aliphatic hydroxyl groups is 2. The lowest BCUT2D eigenvalue weighted by atomic mass is 9.43. The Balaban J connectivity index is 0.000000270. The second-order valence-corrected chi connectivity index (χ2v) is 13.5. The number of rotatable bonds is 5. The Hall–Kier alpha value is -2.32.